The molecule has 0 aliphatic heterocycles. The van der Waals surface area contributed by atoms with Crippen LogP contribution in [0.3, 0.4) is 0 Å². The fourth-order valence-electron chi connectivity index (χ4n) is 2.37. The number of rotatable bonds is 3. The molecule has 0 unspecified atom stereocenters. The summed E-state index contributed by atoms with van der Waals surface area (Å²) in [7, 11) is 1.99. The van der Waals surface area contributed by atoms with Gasteiger partial charge in [0.2, 0.25) is 0 Å². The fraction of sp³-hybridized carbons (Fsp3) is 0.125. The quantitative estimate of drug-likeness (QED) is 0.752. The highest BCUT2D eigenvalue weighted by Crippen LogP contribution is 2.32. The Balaban J connectivity index is 1.91. The van der Waals surface area contributed by atoms with Gasteiger partial charge in [-0.1, -0.05) is 12.1 Å². The first-order valence-corrected chi connectivity index (χ1v) is 7.39. The van der Waals surface area contributed by atoms with Crippen molar-refractivity contribution >= 4 is 32.9 Å². The minimum atomic E-state index is 0.670. The molecule has 0 saturated carbocycles. The molecule has 1 aromatic heterocycles. The smallest absolute Gasteiger partial charge is 0.106 e. The molecule has 0 aliphatic carbocycles. The third-order valence-electron chi connectivity index (χ3n) is 3.41. The maximum Gasteiger partial charge on any atom is 0.106 e. The Bertz CT molecular complexity index is 832. The molecule has 2 N–H and O–H groups in total. The standard InChI is InChI=1S/C16H14N4S/c1-20(9-12-4-2-3-11(7-12)8-17)13-5-6-14-16(15(13)18)19-10-21-14/h2-7,10H,9,18H2,1H3. The summed E-state index contributed by atoms with van der Waals surface area (Å²) in [5.74, 6) is 0. The summed E-state index contributed by atoms with van der Waals surface area (Å²) in [5, 5.41) is 8.96. The maximum atomic E-state index is 8.96. The van der Waals surface area contributed by atoms with Crippen molar-refractivity contribution in [2.75, 3.05) is 17.7 Å². The lowest BCUT2D eigenvalue weighted by molar-refractivity contribution is 0.925. The van der Waals surface area contributed by atoms with Crippen LogP contribution in [0.1, 0.15) is 11.1 Å². The molecule has 1 heterocycles. The zero-order valence-corrected chi connectivity index (χ0v) is 12.4. The first-order valence-electron chi connectivity index (χ1n) is 6.51. The molecule has 3 rings (SSSR count). The molecule has 0 spiro atoms. The molecule has 3 aromatic rings. The first-order chi connectivity index (χ1) is 10.2. The summed E-state index contributed by atoms with van der Waals surface area (Å²) in [5.41, 5.74) is 12.3. The van der Waals surface area contributed by atoms with Gasteiger partial charge in [0.05, 0.1) is 33.2 Å². The predicted octanol–water partition coefficient (Wildman–Crippen LogP) is 3.39. The van der Waals surface area contributed by atoms with Crippen molar-refractivity contribution in [2.45, 2.75) is 6.54 Å². The number of nitriles is 1. The summed E-state index contributed by atoms with van der Waals surface area (Å²) in [4.78, 5) is 6.39. The van der Waals surface area contributed by atoms with Crippen LogP contribution >= 0.6 is 11.3 Å². The van der Waals surface area contributed by atoms with E-state index in [4.69, 9.17) is 11.0 Å². The summed E-state index contributed by atoms with van der Waals surface area (Å²) < 4.78 is 1.09. The number of fused-ring (bicyclic) bond motifs is 1. The van der Waals surface area contributed by atoms with Crippen molar-refractivity contribution in [1.82, 2.24) is 4.98 Å². The molecule has 0 saturated heterocycles. The van der Waals surface area contributed by atoms with Gasteiger partial charge in [-0.15, -0.1) is 11.3 Å². The monoisotopic (exact) mass is 294 g/mol. The predicted molar refractivity (Wildman–Crippen MR) is 87.3 cm³/mol. The van der Waals surface area contributed by atoms with E-state index in [1.54, 1.807) is 22.9 Å². The van der Waals surface area contributed by atoms with Crippen LogP contribution in [0.4, 0.5) is 11.4 Å². The van der Waals surface area contributed by atoms with Crippen molar-refractivity contribution in [3.63, 3.8) is 0 Å². The van der Waals surface area contributed by atoms with E-state index in [1.165, 1.54) is 0 Å². The van der Waals surface area contributed by atoms with Gasteiger partial charge in [0, 0.05) is 13.6 Å². The Morgan fingerprint density at radius 3 is 3.00 bits per heavy atom. The Labute approximate surface area is 127 Å². The van der Waals surface area contributed by atoms with Gasteiger partial charge in [-0.3, -0.25) is 0 Å². The van der Waals surface area contributed by atoms with E-state index in [1.807, 2.05) is 37.4 Å². The molecule has 5 heteroatoms. The summed E-state index contributed by atoms with van der Waals surface area (Å²) in [6.07, 6.45) is 0. The third-order valence-corrected chi connectivity index (χ3v) is 4.20. The van der Waals surface area contributed by atoms with E-state index in [2.05, 4.69) is 16.0 Å². The Hall–Kier alpha value is -2.58. The molecule has 21 heavy (non-hydrogen) atoms. The average molecular weight is 294 g/mol. The van der Waals surface area contributed by atoms with E-state index in [9.17, 15) is 0 Å². The molecule has 104 valence electrons. The lowest BCUT2D eigenvalue weighted by atomic mass is 10.1. The largest absolute Gasteiger partial charge is 0.395 e. The van der Waals surface area contributed by atoms with Gasteiger partial charge in [-0.25, -0.2) is 4.98 Å². The van der Waals surface area contributed by atoms with E-state index in [0.717, 1.165) is 21.5 Å². The highest BCUT2D eigenvalue weighted by atomic mass is 32.1. The minimum Gasteiger partial charge on any atom is -0.395 e. The van der Waals surface area contributed by atoms with Gasteiger partial charge in [0.1, 0.15) is 5.52 Å². The number of anilines is 2. The number of nitrogens with zero attached hydrogens (tertiary/aromatic N) is 3. The van der Waals surface area contributed by atoms with E-state index in [0.29, 0.717) is 17.8 Å². The number of hydrogen-bond acceptors (Lipinski definition) is 5. The van der Waals surface area contributed by atoms with Crippen molar-refractivity contribution < 1.29 is 0 Å². The number of thiazole rings is 1. The second kappa shape index (κ2) is 5.43. The Kier molecular flexibility index (Phi) is 3.46. The van der Waals surface area contributed by atoms with Crippen molar-refractivity contribution in [3.8, 4) is 6.07 Å². The van der Waals surface area contributed by atoms with Gasteiger partial charge in [-0.05, 0) is 29.8 Å². The molecular weight excluding hydrogens is 280 g/mol. The second-order valence-corrected chi connectivity index (χ2v) is 5.75. The molecule has 0 fully saturated rings. The summed E-state index contributed by atoms with van der Waals surface area (Å²) >= 11 is 1.59. The van der Waals surface area contributed by atoms with Crippen molar-refractivity contribution in [2.24, 2.45) is 0 Å². The molecule has 0 bridgehead atoms. The van der Waals surface area contributed by atoms with Gasteiger partial charge >= 0.3 is 0 Å². The van der Waals surface area contributed by atoms with E-state index in [-0.39, 0.29) is 0 Å². The molecule has 4 nitrogen and oxygen atoms in total. The third kappa shape index (κ3) is 2.54. The molecule has 0 amide bonds. The Morgan fingerprint density at radius 2 is 2.19 bits per heavy atom. The van der Waals surface area contributed by atoms with Crippen LogP contribution in [0.15, 0.2) is 41.9 Å². The number of nitrogens with two attached hydrogens (primary N) is 1. The van der Waals surface area contributed by atoms with Crippen LogP contribution in [0.2, 0.25) is 0 Å². The van der Waals surface area contributed by atoms with Gasteiger partial charge < -0.3 is 10.6 Å². The molecule has 2 aromatic carbocycles. The van der Waals surface area contributed by atoms with Crippen LogP contribution in [-0.2, 0) is 6.54 Å². The van der Waals surface area contributed by atoms with Crippen molar-refractivity contribution in [1.29, 1.82) is 5.26 Å². The van der Waals surface area contributed by atoms with Crippen LogP contribution in [-0.4, -0.2) is 12.0 Å². The second-order valence-electron chi connectivity index (χ2n) is 4.87. The minimum absolute atomic E-state index is 0.670. The molecular formula is C16H14N4S. The molecule has 0 atom stereocenters. The average Bonchev–Trinajstić information content (AvgIpc) is 2.97. The summed E-state index contributed by atoms with van der Waals surface area (Å²) in [6.45, 7) is 0.690. The fourth-order valence-corrected chi connectivity index (χ4v) is 3.07. The van der Waals surface area contributed by atoms with Gasteiger partial charge in [0.15, 0.2) is 0 Å². The van der Waals surface area contributed by atoms with E-state index >= 15 is 0 Å². The lowest BCUT2D eigenvalue weighted by Gasteiger charge is -2.21. The van der Waals surface area contributed by atoms with Crippen LogP contribution < -0.4 is 10.6 Å². The number of benzene rings is 2. The maximum absolute atomic E-state index is 8.96. The zero-order chi connectivity index (χ0) is 14.8. The number of aromatic nitrogens is 1. The number of nitrogen functional groups attached to an aromatic ring is 1. The van der Waals surface area contributed by atoms with Gasteiger partial charge in [0.25, 0.3) is 0 Å². The normalized spacial score (nSPS) is 10.5. The summed E-state index contributed by atoms with van der Waals surface area (Å²) in [6, 6.07) is 13.8. The number of hydrogen-bond donors (Lipinski definition) is 1. The SMILES string of the molecule is CN(Cc1cccc(C#N)c1)c1ccc2scnc2c1N. The first kappa shape index (κ1) is 13.4. The lowest BCUT2D eigenvalue weighted by Crippen LogP contribution is -2.17. The van der Waals surface area contributed by atoms with Gasteiger partial charge in [-0.2, -0.15) is 5.26 Å². The topological polar surface area (TPSA) is 65.9 Å². The Morgan fingerprint density at radius 1 is 1.33 bits per heavy atom. The molecule has 0 aliphatic rings. The van der Waals surface area contributed by atoms with Crippen LogP contribution in [0, 0.1) is 11.3 Å². The van der Waals surface area contributed by atoms with Crippen molar-refractivity contribution in [3.05, 3.63) is 53.0 Å². The molecule has 0 radical (unpaired) electrons. The van der Waals surface area contributed by atoms with Crippen LogP contribution in [0.5, 0.6) is 0 Å². The highest BCUT2D eigenvalue weighted by Gasteiger charge is 2.11. The van der Waals surface area contributed by atoms with Crippen LogP contribution in [0.25, 0.3) is 10.2 Å². The zero-order valence-electron chi connectivity index (χ0n) is 11.6. The highest BCUT2D eigenvalue weighted by molar-refractivity contribution is 7.16. The van der Waals surface area contributed by atoms with E-state index < -0.39 is 0 Å².